The highest BCUT2D eigenvalue weighted by molar-refractivity contribution is 14.1. The predicted octanol–water partition coefficient (Wildman–Crippen LogP) is 8.09. The Labute approximate surface area is 214 Å². The third-order valence-corrected chi connectivity index (χ3v) is 6.71. The van der Waals surface area contributed by atoms with Gasteiger partial charge in [0.1, 0.15) is 11.5 Å². The molecule has 5 heteroatoms. The highest BCUT2D eigenvalue weighted by Crippen LogP contribution is 2.37. The molecule has 1 aliphatic rings. The minimum atomic E-state index is -0.0697. The van der Waals surface area contributed by atoms with Crippen LogP contribution in [0.1, 0.15) is 16.9 Å². The average Bonchev–Trinajstić information content (AvgIpc) is 3.40. The van der Waals surface area contributed by atoms with Gasteiger partial charge < -0.3 is 4.42 Å². The Balaban J connectivity index is 1.56. The molecule has 4 aromatic rings. The number of furan rings is 1. The predicted molar refractivity (Wildman–Crippen MR) is 146 cm³/mol. The number of rotatable bonds is 4. The second-order valence-electron chi connectivity index (χ2n) is 7.78. The summed E-state index contributed by atoms with van der Waals surface area (Å²) < 4.78 is 8.20. The van der Waals surface area contributed by atoms with Crippen LogP contribution < -0.4 is 4.90 Å². The number of carbonyl (C=O) groups is 1. The van der Waals surface area contributed by atoms with Crippen molar-refractivity contribution in [2.75, 3.05) is 4.90 Å². The van der Waals surface area contributed by atoms with E-state index in [1.807, 2.05) is 97.9 Å². The van der Waals surface area contributed by atoms with Crippen molar-refractivity contribution < 1.29 is 9.21 Å². The minimum Gasteiger partial charge on any atom is -0.457 e. The first-order valence-electron chi connectivity index (χ1n) is 10.4. The molecular weight excluding hydrogens is 589 g/mol. The monoisotopic (exact) mass is 607 g/mol. The van der Waals surface area contributed by atoms with Crippen molar-refractivity contribution in [3.8, 4) is 11.3 Å². The van der Waals surface area contributed by atoms with E-state index in [4.69, 9.17) is 4.42 Å². The third kappa shape index (κ3) is 4.48. The van der Waals surface area contributed by atoms with Gasteiger partial charge in [-0.05, 0) is 95.3 Å². The Morgan fingerprint density at radius 2 is 1.67 bits per heavy atom. The summed E-state index contributed by atoms with van der Waals surface area (Å²) in [6, 6.07) is 27.9. The van der Waals surface area contributed by atoms with Gasteiger partial charge in [0.25, 0.3) is 5.91 Å². The molecule has 0 aliphatic carbocycles. The number of benzene rings is 3. The standard InChI is InChI=1S/C28H19BrINO2/c1-18-15-23(30)11-13-25(18)31-26(19-5-3-2-4-6-19)17-21(28(31)32)16-24-12-14-27(33-24)20-7-9-22(29)10-8-20/h2-17H,1H3/b21-16+. The van der Waals surface area contributed by atoms with Crippen LogP contribution in [0, 0.1) is 10.5 Å². The summed E-state index contributed by atoms with van der Waals surface area (Å²) in [5.74, 6) is 1.33. The molecule has 1 aliphatic heterocycles. The quantitative estimate of drug-likeness (QED) is 0.173. The van der Waals surface area contributed by atoms with Crippen molar-refractivity contribution in [3.05, 3.63) is 122 Å². The van der Waals surface area contributed by atoms with Gasteiger partial charge in [0.2, 0.25) is 0 Å². The number of anilines is 1. The van der Waals surface area contributed by atoms with Crippen LogP contribution in [-0.4, -0.2) is 5.91 Å². The Bertz CT molecular complexity index is 1400. The van der Waals surface area contributed by atoms with Gasteiger partial charge in [-0.3, -0.25) is 9.69 Å². The molecule has 0 N–H and O–H groups in total. The smallest absolute Gasteiger partial charge is 0.263 e. The summed E-state index contributed by atoms with van der Waals surface area (Å²) in [6.07, 6.45) is 3.76. The lowest BCUT2D eigenvalue weighted by molar-refractivity contribution is -0.113. The Kier molecular flexibility index (Phi) is 6.08. The zero-order valence-corrected chi connectivity index (χ0v) is 21.5. The zero-order chi connectivity index (χ0) is 22.9. The fourth-order valence-electron chi connectivity index (χ4n) is 3.90. The van der Waals surface area contributed by atoms with E-state index in [0.717, 1.165) is 41.9 Å². The molecule has 162 valence electrons. The van der Waals surface area contributed by atoms with E-state index in [9.17, 15) is 4.79 Å². The van der Waals surface area contributed by atoms with Crippen molar-refractivity contribution in [2.45, 2.75) is 6.92 Å². The van der Waals surface area contributed by atoms with Crippen LogP contribution in [0.15, 0.2) is 105 Å². The molecule has 0 saturated heterocycles. The molecule has 0 spiro atoms. The van der Waals surface area contributed by atoms with Crippen LogP contribution >= 0.6 is 38.5 Å². The average molecular weight is 608 g/mol. The van der Waals surface area contributed by atoms with Crippen LogP contribution in [0.25, 0.3) is 23.1 Å². The Morgan fingerprint density at radius 1 is 0.909 bits per heavy atom. The van der Waals surface area contributed by atoms with Crippen LogP contribution in [0.3, 0.4) is 0 Å². The van der Waals surface area contributed by atoms with Gasteiger partial charge in [0, 0.05) is 19.2 Å². The molecule has 0 bridgehead atoms. The van der Waals surface area contributed by atoms with E-state index in [2.05, 4.69) is 44.6 Å². The lowest BCUT2D eigenvalue weighted by atomic mass is 10.1. The molecule has 3 nitrogen and oxygen atoms in total. The molecule has 0 fully saturated rings. The second-order valence-corrected chi connectivity index (χ2v) is 9.94. The van der Waals surface area contributed by atoms with Gasteiger partial charge >= 0.3 is 0 Å². The maximum atomic E-state index is 13.6. The first-order valence-corrected chi connectivity index (χ1v) is 12.3. The molecule has 3 aromatic carbocycles. The molecule has 0 saturated carbocycles. The van der Waals surface area contributed by atoms with Crippen LogP contribution in [0.2, 0.25) is 0 Å². The van der Waals surface area contributed by atoms with E-state index in [1.54, 1.807) is 4.90 Å². The van der Waals surface area contributed by atoms with Gasteiger partial charge in [-0.2, -0.15) is 0 Å². The Hall–Kier alpha value is -2.90. The maximum Gasteiger partial charge on any atom is 0.263 e. The van der Waals surface area contributed by atoms with Crippen molar-refractivity contribution in [2.24, 2.45) is 0 Å². The van der Waals surface area contributed by atoms with Crippen LogP contribution in [0.4, 0.5) is 5.69 Å². The van der Waals surface area contributed by atoms with Gasteiger partial charge in [0.15, 0.2) is 0 Å². The summed E-state index contributed by atoms with van der Waals surface area (Å²) in [7, 11) is 0. The molecule has 2 heterocycles. The van der Waals surface area contributed by atoms with Crippen LogP contribution in [-0.2, 0) is 4.79 Å². The molecular formula is C28H19BrINO2. The highest BCUT2D eigenvalue weighted by Gasteiger charge is 2.31. The molecule has 1 amide bonds. The van der Waals surface area contributed by atoms with Crippen molar-refractivity contribution >= 4 is 61.9 Å². The van der Waals surface area contributed by atoms with Gasteiger partial charge in [-0.15, -0.1) is 0 Å². The number of nitrogens with zero attached hydrogens (tertiary/aromatic N) is 1. The molecule has 0 unspecified atom stereocenters. The molecule has 5 rings (SSSR count). The van der Waals surface area contributed by atoms with E-state index < -0.39 is 0 Å². The normalized spacial score (nSPS) is 14.8. The van der Waals surface area contributed by atoms with E-state index >= 15 is 0 Å². The first-order chi connectivity index (χ1) is 16.0. The molecule has 33 heavy (non-hydrogen) atoms. The number of carbonyl (C=O) groups excluding carboxylic acids is 1. The van der Waals surface area contributed by atoms with Gasteiger partial charge in [0.05, 0.1) is 11.4 Å². The number of hydrogen-bond acceptors (Lipinski definition) is 2. The van der Waals surface area contributed by atoms with Gasteiger partial charge in [-0.1, -0.05) is 58.4 Å². The largest absolute Gasteiger partial charge is 0.457 e. The summed E-state index contributed by atoms with van der Waals surface area (Å²) in [4.78, 5) is 15.4. The fraction of sp³-hybridized carbons (Fsp3) is 0.0357. The molecule has 1 aromatic heterocycles. The Morgan fingerprint density at radius 3 is 2.39 bits per heavy atom. The number of amides is 1. The van der Waals surface area contributed by atoms with E-state index in [1.165, 1.54) is 0 Å². The maximum absolute atomic E-state index is 13.6. The number of aryl methyl sites for hydroxylation is 1. The summed E-state index contributed by atoms with van der Waals surface area (Å²) >= 11 is 5.75. The lowest BCUT2D eigenvalue weighted by Crippen LogP contribution is -2.25. The van der Waals surface area contributed by atoms with E-state index in [-0.39, 0.29) is 5.91 Å². The topological polar surface area (TPSA) is 33.5 Å². The number of hydrogen-bond donors (Lipinski definition) is 0. The second kappa shape index (κ2) is 9.15. The minimum absolute atomic E-state index is 0.0697. The summed E-state index contributed by atoms with van der Waals surface area (Å²) in [5, 5.41) is 0. The fourth-order valence-corrected chi connectivity index (χ4v) is 4.81. The SMILES string of the molecule is Cc1cc(I)ccc1N1C(=O)/C(=C/c2ccc(-c3ccc(Br)cc3)o2)C=C1c1ccccc1. The third-order valence-electron chi connectivity index (χ3n) is 5.51. The van der Waals surface area contributed by atoms with Crippen molar-refractivity contribution in [1.29, 1.82) is 0 Å². The zero-order valence-electron chi connectivity index (χ0n) is 17.8. The van der Waals surface area contributed by atoms with Crippen LogP contribution in [0.5, 0.6) is 0 Å². The number of halogens is 2. The summed E-state index contributed by atoms with van der Waals surface area (Å²) in [6.45, 7) is 2.03. The van der Waals surface area contributed by atoms with Crippen molar-refractivity contribution in [3.63, 3.8) is 0 Å². The van der Waals surface area contributed by atoms with Crippen molar-refractivity contribution in [1.82, 2.24) is 0 Å². The summed E-state index contributed by atoms with van der Waals surface area (Å²) in [5.41, 5.74) is 5.35. The first kappa shape index (κ1) is 21.9. The van der Waals surface area contributed by atoms with Gasteiger partial charge in [-0.25, -0.2) is 0 Å². The molecule has 0 atom stereocenters. The molecule has 0 radical (unpaired) electrons. The lowest BCUT2D eigenvalue weighted by Gasteiger charge is -2.23. The van der Waals surface area contributed by atoms with E-state index in [0.29, 0.717) is 11.3 Å². The highest BCUT2D eigenvalue weighted by atomic mass is 127.